The molecule has 2 amide bonds. The summed E-state index contributed by atoms with van der Waals surface area (Å²) in [6.45, 7) is 5.91. The first-order chi connectivity index (χ1) is 12.9. The number of ether oxygens (including phenoxy) is 1. The second-order valence-electron chi connectivity index (χ2n) is 6.32. The molecule has 2 N–H and O–H groups in total. The minimum atomic E-state index is -1.10. The van der Waals surface area contributed by atoms with Gasteiger partial charge in [-0.15, -0.1) is 0 Å². The molecule has 0 radical (unpaired) electrons. The fourth-order valence-corrected chi connectivity index (χ4v) is 3.03. The Morgan fingerprint density at radius 1 is 1.37 bits per heavy atom. The summed E-state index contributed by atoms with van der Waals surface area (Å²) >= 11 is 0. The Labute approximate surface area is 158 Å². The van der Waals surface area contributed by atoms with Crippen LogP contribution in [0.2, 0.25) is 0 Å². The molecule has 0 aliphatic carbocycles. The van der Waals surface area contributed by atoms with Crippen LogP contribution in [0.15, 0.2) is 35.2 Å². The van der Waals surface area contributed by atoms with Crippen molar-refractivity contribution in [2.45, 2.75) is 33.2 Å². The van der Waals surface area contributed by atoms with Gasteiger partial charge in [0.1, 0.15) is 5.75 Å². The van der Waals surface area contributed by atoms with Crippen LogP contribution in [0.5, 0.6) is 5.75 Å². The van der Waals surface area contributed by atoms with Crippen LogP contribution in [0.3, 0.4) is 0 Å². The van der Waals surface area contributed by atoms with Crippen molar-refractivity contribution in [3.63, 3.8) is 0 Å². The van der Waals surface area contributed by atoms with Crippen molar-refractivity contribution < 1.29 is 23.8 Å². The number of hydrogen-bond donors (Lipinski definition) is 2. The minimum absolute atomic E-state index is 0.0778. The zero-order chi connectivity index (χ0) is 20.0. The molecule has 2 aromatic rings. The van der Waals surface area contributed by atoms with Gasteiger partial charge in [0, 0.05) is 30.3 Å². The van der Waals surface area contributed by atoms with Crippen LogP contribution in [-0.4, -0.2) is 41.8 Å². The molecule has 1 aromatic heterocycles. The number of aromatic nitrogens is 1. The van der Waals surface area contributed by atoms with Crippen molar-refractivity contribution >= 4 is 17.7 Å². The van der Waals surface area contributed by atoms with Crippen molar-refractivity contribution in [2.75, 3.05) is 18.6 Å². The van der Waals surface area contributed by atoms with Crippen LogP contribution in [0.25, 0.3) is 11.3 Å². The predicted octanol–water partition coefficient (Wildman–Crippen LogP) is 3.39. The van der Waals surface area contributed by atoms with Gasteiger partial charge >= 0.3 is 6.09 Å². The highest BCUT2D eigenvalue weighted by Crippen LogP contribution is 2.34. The van der Waals surface area contributed by atoms with Gasteiger partial charge in [0.25, 0.3) is 0 Å². The first-order valence-corrected chi connectivity index (χ1v) is 8.75. The number of nitrogens with one attached hydrogen (secondary N) is 1. The average molecular weight is 375 g/mol. The molecule has 8 heteroatoms. The van der Waals surface area contributed by atoms with E-state index in [9.17, 15) is 9.59 Å². The van der Waals surface area contributed by atoms with Crippen LogP contribution < -0.4 is 15.0 Å². The van der Waals surface area contributed by atoms with Gasteiger partial charge in [0.2, 0.25) is 5.91 Å². The van der Waals surface area contributed by atoms with E-state index in [0.29, 0.717) is 30.2 Å². The minimum Gasteiger partial charge on any atom is -0.496 e. The summed E-state index contributed by atoms with van der Waals surface area (Å²) in [5.74, 6) is 0.733. The maximum absolute atomic E-state index is 12.9. The molecule has 0 spiro atoms. The smallest absolute Gasteiger partial charge is 0.404 e. The molecule has 2 atom stereocenters. The second kappa shape index (κ2) is 9.07. The Kier molecular flexibility index (Phi) is 6.81. The molecule has 0 aliphatic heterocycles. The van der Waals surface area contributed by atoms with E-state index in [-0.39, 0.29) is 17.9 Å². The molecule has 1 aromatic carbocycles. The average Bonchev–Trinajstić information content (AvgIpc) is 3.15. The Morgan fingerprint density at radius 2 is 2.11 bits per heavy atom. The normalized spacial score (nSPS) is 12.9. The lowest BCUT2D eigenvalue weighted by Crippen LogP contribution is -2.39. The Bertz CT molecular complexity index is 776. The molecule has 27 heavy (non-hydrogen) atoms. The van der Waals surface area contributed by atoms with Gasteiger partial charge in [-0.05, 0) is 32.4 Å². The maximum atomic E-state index is 12.9. The fraction of sp³-hybridized carbons (Fsp3) is 0.421. The van der Waals surface area contributed by atoms with E-state index in [1.54, 1.807) is 38.1 Å². The molecular weight excluding hydrogens is 350 g/mol. The van der Waals surface area contributed by atoms with Gasteiger partial charge in [-0.25, -0.2) is 9.78 Å². The van der Waals surface area contributed by atoms with Gasteiger partial charge in [-0.3, -0.25) is 4.79 Å². The predicted molar refractivity (Wildman–Crippen MR) is 101 cm³/mol. The number of carbonyl (C=O) groups excluding carboxylic acids is 1. The molecule has 0 bridgehead atoms. The number of oxazole rings is 1. The third-order valence-corrected chi connectivity index (χ3v) is 4.28. The highest BCUT2D eigenvalue weighted by Gasteiger charge is 2.24. The van der Waals surface area contributed by atoms with E-state index in [0.717, 1.165) is 5.56 Å². The summed E-state index contributed by atoms with van der Waals surface area (Å²) in [5.41, 5.74) is 1.45. The van der Waals surface area contributed by atoms with E-state index in [1.165, 1.54) is 6.39 Å². The van der Waals surface area contributed by atoms with Gasteiger partial charge in [0.05, 0.1) is 18.9 Å². The van der Waals surface area contributed by atoms with Gasteiger partial charge in [-0.2, -0.15) is 0 Å². The first kappa shape index (κ1) is 20.3. The van der Waals surface area contributed by atoms with Crippen LogP contribution >= 0.6 is 0 Å². The summed E-state index contributed by atoms with van der Waals surface area (Å²) < 4.78 is 10.8. The van der Waals surface area contributed by atoms with Crippen molar-refractivity contribution in [2.24, 2.45) is 5.92 Å². The van der Waals surface area contributed by atoms with Crippen LogP contribution in [0.1, 0.15) is 27.2 Å². The van der Waals surface area contributed by atoms with E-state index in [2.05, 4.69) is 10.3 Å². The largest absolute Gasteiger partial charge is 0.496 e. The third kappa shape index (κ3) is 4.99. The molecule has 146 valence electrons. The van der Waals surface area contributed by atoms with Crippen molar-refractivity contribution in [1.29, 1.82) is 0 Å². The molecule has 2 unspecified atom stereocenters. The Hall–Kier alpha value is -3.03. The zero-order valence-electron chi connectivity index (χ0n) is 15.9. The molecule has 2 rings (SSSR count). The number of benzene rings is 1. The lowest BCUT2D eigenvalue weighted by atomic mass is 10.0. The van der Waals surface area contributed by atoms with Gasteiger partial charge < -0.3 is 24.5 Å². The molecule has 0 aliphatic rings. The van der Waals surface area contributed by atoms with Gasteiger partial charge in [-0.1, -0.05) is 6.92 Å². The van der Waals surface area contributed by atoms with Crippen LogP contribution in [-0.2, 0) is 4.79 Å². The quantitative estimate of drug-likeness (QED) is 0.733. The fourth-order valence-electron chi connectivity index (χ4n) is 3.03. The highest BCUT2D eigenvalue weighted by molar-refractivity contribution is 5.95. The van der Waals surface area contributed by atoms with E-state index >= 15 is 0 Å². The molecule has 0 saturated carbocycles. The molecular formula is C19H25N3O5. The molecule has 1 heterocycles. The number of hydrogen-bond acceptors (Lipinski definition) is 5. The summed E-state index contributed by atoms with van der Waals surface area (Å²) in [5, 5.41) is 11.2. The lowest BCUT2D eigenvalue weighted by Gasteiger charge is -2.26. The van der Waals surface area contributed by atoms with E-state index in [1.807, 2.05) is 19.1 Å². The van der Waals surface area contributed by atoms with Crippen molar-refractivity contribution in [3.05, 3.63) is 30.8 Å². The van der Waals surface area contributed by atoms with Crippen LogP contribution in [0.4, 0.5) is 10.5 Å². The van der Waals surface area contributed by atoms with Crippen molar-refractivity contribution in [3.8, 4) is 17.1 Å². The van der Waals surface area contributed by atoms with E-state index < -0.39 is 6.09 Å². The summed E-state index contributed by atoms with van der Waals surface area (Å²) in [6.07, 6.45) is 2.26. The Balaban J connectivity index is 2.21. The number of nitrogens with zero attached hydrogens (tertiary/aromatic N) is 2. The highest BCUT2D eigenvalue weighted by atomic mass is 16.5. The Morgan fingerprint density at radius 3 is 2.67 bits per heavy atom. The number of rotatable bonds is 8. The topological polar surface area (TPSA) is 105 Å². The maximum Gasteiger partial charge on any atom is 0.404 e. The number of amides is 2. The lowest BCUT2D eigenvalue weighted by molar-refractivity contribution is -0.122. The molecule has 8 nitrogen and oxygen atoms in total. The standard InChI is InChI=1S/C19H25N3O5/c1-5-22(18(23)12(2)8-13(3)21-19(24)25)14-6-7-15(16(9-14)26-4)17-10-20-11-27-17/h6-7,9-13,21H,5,8H2,1-4H3,(H,24,25). The van der Waals surface area contributed by atoms with Crippen LogP contribution in [0, 0.1) is 5.92 Å². The van der Waals surface area contributed by atoms with E-state index in [4.69, 9.17) is 14.3 Å². The zero-order valence-corrected chi connectivity index (χ0v) is 15.9. The summed E-state index contributed by atoms with van der Waals surface area (Å²) in [4.78, 5) is 29.2. The monoisotopic (exact) mass is 375 g/mol. The second-order valence-corrected chi connectivity index (χ2v) is 6.32. The van der Waals surface area contributed by atoms with Crippen molar-refractivity contribution in [1.82, 2.24) is 10.3 Å². The molecule has 0 saturated heterocycles. The number of carboxylic acid groups (broad SMARTS) is 1. The molecule has 0 fully saturated rings. The number of carbonyl (C=O) groups is 2. The SMILES string of the molecule is CCN(C(=O)C(C)CC(C)NC(=O)O)c1ccc(-c2cnco2)c(OC)c1. The third-order valence-electron chi connectivity index (χ3n) is 4.28. The summed E-state index contributed by atoms with van der Waals surface area (Å²) in [6, 6.07) is 5.12. The van der Waals surface area contributed by atoms with Gasteiger partial charge in [0.15, 0.2) is 12.2 Å². The number of methoxy groups -OCH3 is 1. The summed E-state index contributed by atoms with van der Waals surface area (Å²) in [7, 11) is 1.55. The first-order valence-electron chi connectivity index (χ1n) is 8.75. The number of anilines is 1.